The highest BCUT2D eigenvalue weighted by atomic mass is 16.4. The first kappa shape index (κ1) is 26.1. The Hall–Kier alpha value is -4.95. The molecule has 5 heteroatoms. The summed E-state index contributed by atoms with van der Waals surface area (Å²) in [5.41, 5.74) is 5.71. The maximum atomic E-state index is 13.3. The van der Waals surface area contributed by atoms with E-state index >= 15 is 0 Å². The summed E-state index contributed by atoms with van der Waals surface area (Å²) in [5, 5.41) is 22.3. The fourth-order valence-corrected chi connectivity index (χ4v) is 4.32. The molecule has 4 aromatic rings. The molecule has 1 amide bonds. The van der Waals surface area contributed by atoms with Gasteiger partial charge < -0.3 is 10.4 Å². The molecule has 0 aliphatic heterocycles. The van der Waals surface area contributed by atoms with Crippen molar-refractivity contribution in [2.75, 3.05) is 0 Å². The normalized spacial score (nSPS) is 12.4. The Labute approximate surface area is 222 Å². The minimum atomic E-state index is -1.04. The van der Waals surface area contributed by atoms with E-state index in [-0.39, 0.29) is 12.3 Å². The third-order valence-corrected chi connectivity index (χ3v) is 6.35. The molecule has 0 heterocycles. The van der Waals surface area contributed by atoms with E-state index in [1.807, 2.05) is 73.7 Å². The molecular weight excluding hydrogens is 472 g/mol. The summed E-state index contributed by atoms with van der Waals surface area (Å²) in [6.45, 7) is 2.03. The average molecular weight is 501 g/mol. The van der Waals surface area contributed by atoms with Crippen molar-refractivity contribution in [1.82, 2.24) is 5.32 Å². The topological polar surface area (TPSA) is 90.2 Å². The maximum absolute atomic E-state index is 13.3. The molecule has 0 fully saturated rings. The van der Waals surface area contributed by atoms with Crippen LogP contribution in [-0.4, -0.2) is 23.0 Å². The fourth-order valence-electron chi connectivity index (χ4n) is 4.32. The summed E-state index contributed by atoms with van der Waals surface area (Å²) in [6, 6.07) is 33.1. The number of carbonyl (C=O) groups is 2. The molecule has 0 saturated carbocycles. The number of nitrogens with one attached hydrogen (secondary N) is 1. The Morgan fingerprint density at radius 3 is 2.32 bits per heavy atom. The molecule has 0 bridgehead atoms. The number of nitrogens with zero attached hydrogens (tertiary/aromatic N) is 1. The molecule has 5 nitrogen and oxygen atoms in total. The first-order chi connectivity index (χ1) is 18.4. The van der Waals surface area contributed by atoms with Gasteiger partial charge in [0.05, 0.1) is 23.6 Å². The number of rotatable bonds is 9. The lowest BCUT2D eigenvalue weighted by molar-refractivity contribution is -0.142. The number of carbonyl (C=O) groups excluding carboxylic acids is 1. The minimum Gasteiger partial charge on any atom is -0.481 e. The van der Waals surface area contributed by atoms with Crippen molar-refractivity contribution < 1.29 is 14.7 Å². The van der Waals surface area contributed by atoms with Gasteiger partial charge in [-0.05, 0) is 59.9 Å². The van der Waals surface area contributed by atoms with Crippen LogP contribution in [0.2, 0.25) is 0 Å². The fraction of sp³-hybridized carbons (Fsp3) is 0.121. The number of amides is 1. The van der Waals surface area contributed by atoms with Crippen molar-refractivity contribution in [3.05, 3.63) is 137 Å². The smallest absolute Gasteiger partial charge is 0.309 e. The van der Waals surface area contributed by atoms with Crippen molar-refractivity contribution in [2.24, 2.45) is 5.92 Å². The third-order valence-electron chi connectivity index (χ3n) is 6.35. The van der Waals surface area contributed by atoms with Gasteiger partial charge in [-0.25, -0.2) is 0 Å². The summed E-state index contributed by atoms with van der Waals surface area (Å²) in [7, 11) is 0. The number of carboxylic acids is 1. The highest BCUT2D eigenvalue weighted by Crippen LogP contribution is 2.22. The second-order valence-corrected chi connectivity index (χ2v) is 9.18. The predicted molar refractivity (Wildman–Crippen MR) is 149 cm³/mol. The van der Waals surface area contributed by atoms with Crippen molar-refractivity contribution in [2.45, 2.75) is 19.4 Å². The van der Waals surface area contributed by atoms with Crippen LogP contribution in [0.5, 0.6) is 0 Å². The molecule has 4 aromatic carbocycles. The zero-order valence-corrected chi connectivity index (χ0v) is 21.0. The van der Waals surface area contributed by atoms with Crippen molar-refractivity contribution >= 4 is 18.0 Å². The first-order valence-electron chi connectivity index (χ1n) is 12.4. The van der Waals surface area contributed by atoms with E-state index < -0.39 is 17.9 Å². The van der Waals surface area contributed by atoms with E-state index in [1.165, 1.54) is 0 Å². The molecule has 0 saturated heterocycles. The molecule has 0 unspecified atom stereocenters. The molecule has 0 aromatic heterocycles. The van der Waals surface area contributed by atoms with Crippen molar-refractivity contribution in [3.63, 3.8) is 0 Å². The second-order valence-electron chi connectivity index (χ2n) is 9.18. The van der Waals surface area contributed by atoms with Gasteiger partial charge in [-0.3, -0.25) is 9.59 Å². The lowest BCUT2D eigenvalue weighted by Crippen LogP contribution is -2.43. The number of aryl methyl sites for hydroxylation is 1. The average Bonchev–Trinajstić information content (AvgIpc) is 2.94. The first-order valence-corrected chi connectivity index (χ1v) is 12.4. The summed E-state index contributed by atoms with van der Waals surface area (Å²) in [4.78, 5) is 25.7. The van der Waals surface area contributed by atoms with Crippen LogP contribution in [0.3, 0.4) is 0 Å². The molecule has 38 heavy (non-hydrogen) atoms. The van der Waals surface area contributed by atoms with E-state index in [0.29, 0.717) is 16.7 Å². The Kier molecular flexibility index (Phi) is 8.48. The zero-order chi connectivity index (χ0) is 26.9. The highest BCUT2D eigenvalue weighted by molar-refractivity contribution is 5.95. The number of aliphatic carboxylic acids is 1. The van der Waals surface area contributed by atoms with Gasteiger partial charge in [0.1, 0.15) is 0 Å². The molecule has 188 valence electrons. The zero-order valence-electron chi connectivity index (χ0n) is 21.0. The number of hydrogen-bond acceptors (Lipinski definition) is 3. The van der Waals surface area contributed by atoms with Gasteiger partial charge in [0, 0.05) is 5.56 Å². The van der Waals surface area contributed by atoms with Gasteiger partial charge in [0.2, 0.25) is 0 Å². The molecule has 2 atom stereocenters. The molecule has 0 spiro atoms. The standard InChI is InChI=1S/C33H28N2O3/c1-23-7-5-12-29(19-23)27-14-16-28(17-15-27)32(36)35-31(18-13-24-8-3-2-4-9-24)30(33(37)38)21-25-10-6-11-26(20-25)22-34/h2-20,30-31H,21H2,1H3,(H,35,36)(H,37,38)/b18-13+/t30-,31-/m1/s1. The third kappa shape index (κ3) is 6.83. The maximum Gasteiger partial charge on any atom is 0.309 e. The lowest BCUT2D eigenvalue weighted by atomic mass is 9.90. The SMILES string of the molecule is Cc1cccc(-c2ccc(C(=O)N[C@H](/C=C/c3ccccc3)[C@@H](Cc3cccc(C#N)c3)C(=O)O)cc2)c1. The van der Waals surface area contributed by atoms with Crippen molar-refractivity contribution in [1.29, 1.82) is 5.26 Å². The summed E-state index contributed by atoms with van der Waals surface area (Å²) in [5.74, 6) is -2.34. The highest BCUT2D eigenvalue weighted by Gasteiger charge is 2.28. The predicted octanol–water partition coefficient (Wildman–Crippen LogP) is 6.29. The van der Waals surface area contributed by atoms with E-state index in [2.05, 4.69) is 17.5 Å². The largest absolute Gasteiger partial charge is 0.481 e. The summed E-state index contributed by atoms with van der Waals surface area (Å²) >= 11 is 0. The molecule has 0 aliphatic carbocycles. The van der Waals surface area contributed by atoms with Crippen molar-refractivity contribution in [3.8, 4) is 17.2 Å². The van der Waals surface area contributed by atoms with E-state index in [0.717, 1.165) is 22.3 Å². The number of hydrogen-bond donors (Lipinski definition) is 2. The van der Waals surface area contributed by atoms with Crippen LogP contribution in [0.15, 0.2) is 109 Å². The van der Waals surface area contributed by atoms with Gasteiger partial charge in [-0.15, -0.1) is 0 Å². The van der Waals surface area contributed by atoms with Crippen LogP contribution in [0.25, 0.3) is 17.2 Å². The monoisotopic (exact) mass is 500 g/mol. The van der Waals surface area contributed by atoms with Crippen LogP contribution < -0.4 is 5.32 Å². The Balaban J connectivity index is 1.60. The Morgan fingerprint density at radius 2 is 1.63 bits per heavy atom. The Bertz CT molecular complexity index is 1480. The molecule has 4 rings (SSSR count). The van der Waals surface area contributed by atoms with E-state index in [9.17, 15) is 20.0 Å². The van der Waals surface area contributed by atoms with E-state index in [1.54, 1.807) is 42.5 Å². The van der Waals surface area contributed by atoms with Gasteiger partial charge in [-0.2, -0.15) is 5.26 Å². The van der Waals surface area contributed by atoms with Gasteiger partial charge in [-0.1, -0.05) is 96.6 Å². The molecule has 0 aliphatic rings. The van der Waals surface area contributed by atoms with Crippen LogP contribution in [0, 0.1) is 24.2 Å². The van der Waals surface area contributed by atoms with Gasteiger partial charge in [0.15, 0.2) is 0 Å². The van der Waals surface area contributed by atoms with Crippen LogP contribution in [0.1, 0.15) is 32.6 Å². The molecule has 0 radical (unpaired) electrons. The molecule has 2 N–H and O–H groups in total. The summed E-state index contributed by atoms with van der Waals surface area (Å²) in [6.07, 6.45) is 3.69. The van der Waals surface area contributed by atoms with Gasteiger partial charge in [0.25, 0.3) is 5.91 Å². The van der Waals surface area contributed by atoms with Gasteiger partial charge >= 0.3 is 5.97 Å². The number of nitriles is 1. The number of carboxylic acid groups (broad SMARTS) is 1. The lowest BCUT2D eigenvalue weighted by Gasteiger charge is -2.23. The van der Waals surface area contributed by atoms with E-state index in [4.69, 9.17) is 0 Å². The molecular formula is C33H28N2O3. The second kappa shape index (κ2) is 12.3. The summed E-state index contributed by atoms with van der Waals surface area (Å²) < 4.78 is 0. The van der Waals surface area contributed by atoms with Crippen LogP contribution in [-0.2, 0) is 11.2 Å². The van der Waals surface area contributed by atoms with Crippen LogP contribution in [0.4, 0.5) is 0 Å². The Morgan fingerprint density at radius 1 is 0.895 bits per heavy atom. The minimum absolute atomic E-state index is 0.154. The quantitative estimate of drug-likeness (QED) is 0.283. The van der Waals surface area contributed by atoms with Crippen LogP contribution >= 0.6 is 0 Å². The number of benzene rings is 4.